The van der Waals surface area contributed by atoms with Crippen molar-refractivity contribution >= 4 is 0 Å². The normalized spacial score (nSPS) is 11.4. The molecule has 0 aliphatic heterocycles. The average molecular weight is 420 g/mol. The third-order valence-electron chi connectivity index (χ3n) is 6.60. The van der Waals surface area contributed by atoms with E-state index >= 15 is 0 Å². The van der Waals surface area contributed by atoms with E-state index in [4.69, 9.17) is 0 Å². The van der Waals surface area contributed by atoms with Crippen molar-refractivity contribution in [2.75, 3.05) is 0 Å². The van der Waals surface area contributed by atoms with Crippen LogP contribution in [0.5, 0.6) is 0 Å². The number of nitrogens with zero attached hydrogens (tertiary/aromatic N) is 2. The summed E-state index contributed by atoms with van der Waals surface area (Å²) in [4.78, 5) is 0. The van der Waals surface area contributed by atoms with Crippen molar-refractivity contribution in [3.63, 3.8) is 0 Å². The average Bonchev–Trinajstić information content (AvgIpc) is 3.14. The van der Waals surface area contributed by atoms with E-state index < -0.39 is 0 Å². The molecule has 1 aromatic rings. The molecule has 0 amide bonds. The molecule has 176 valence electrons. The molecule has 0 aliphatic rings. The third kappa shape index (κ3) is 13.5. The van der Waals surface area contributed by atoms with E-state index in [1.807, 2.05) is 0 Å². The van der Waals surface area contributed by atoms with Gasteiger partial charge in [0.15, 0.2) is 0 Å². The maximum absolute atomic E-state index is 2.57. The van der Waals surface area contributed by atoms with Crippen molar-refractivity contribution in [1.29, 1.82) is 0 Å². The second-order valence-electron chi connectivity index (χ2n) is 9.51. The van der Waals surface area contributed by atoms with Crippen molar-refractivity contribution < 1.29 is 4.57 Å². The summed E-state index contributed by atoms with van der Waals surface area (Å²) in [6.07, 6.45) is 32.6. The Hall–Kier alpha value is -0.790. The van der Waals surface area contributed by atoms with Gasteiger partial charge >= 0.3 is 0 Å². The molecule has 0 N–H and O–H groups in total. The van der Waals surface area contributed by atoms with Gasteiger partial charge in [-0.25, -0.2) is 9.13 Å². The molecular formula is C28H55N2+. The summed E-state index contributed by atoms with van der Waals surface area (Å²) in [6.45, 7) is 9.34. The molecule has 2 heteroatoms. The minimum atomic E-state index is 1.21. The van der Waals surface area contributed by atoms with Gasteiger partial charge in [-0.05, 0) is 32.1 Å². The van der Waals surface area contributed by atoms with Gasteiger partial charge in [-0.15, -0.1) is 0 Å². The lowest BCUT2D eigenvalue weighted by Crippen LogP contribution is -2.37. The summed E-state index contributed by atoms with van der Waals surface area (Å²) in [5, 5.41) is 0. The van der Waals surface area contributed by atoms with E-state index in [-0.39, 0.29) is 0 Å². The highest BCUT2D eigenvalue weighted by Crippen LogP contribution is 2.13. The molecule has 30 heavy (non-hydrogen) atoms. The fourth-order valence-electron chi connectivity index (χ4n) is 4.56. The molecule has 0 saturated carbocycles. The van der Waals surface area contributed by atoms with E-state index in [9.17, 15) is 0 Å². The highest BCUT2D eigenvalue weighted by Gasteiger charge is 2.16. The first-order valence-corrected chi connectivity index (χ1v) is 13.9. The smallest absolute Gasteiger partial charge is 0.234 e. The predicted molar refractivity (Wildman–Crippen MR) is 133 cm³/mol. The van der Waals surface area contributed by atoms with Gasteiger partial charge in [-0.2, -0.15) is 0 Å². The van der Waals surface area contributed by atoms with E-state index in [0.717, 1.165) is 0 Å². The Labute approximate surface area is 189 Å². The molecule has 0 bridgehead atoms. The van der Waals surface area contributed by atoms with Crippen LogP contribution in [0.4, 0.5) is 0 Å². The molecule has 0 radical (unpaired) electrons. The van der Waals surface area contributed by atoms with Crippen molar-refractivity contribution in [3.05, 3.63) is 18.2 Å². The van der Waals surface area contributed by atoms with Crippen LogP contribution < -0.4 is 4.57 Å². The summed E-state index contributed by atoms with van der Waals surface area (Å²) in [7, 11) is 0. The lowest BCUT2D eigenvalue weighted by atomic mass is 10.0. The number of unbranched alkanes of at least 4 members (excludes halogenated alkanes) is 16. The zero-order valence-electron chi connectivity index (χ0n) is 21.1. The van der Waals surface area contributed by atoms with Crippen LogP contribution in [0.2, 0.25) is 0 Å². The van der Waals surface area contributed by atoms with E-state index in [1.54, 1.807) is 5.82 Å². The lowest BCUT2D eigenvalue weighted by molar-refractivity contribution is -0.704. The maximum atomic E-state index is 2.57. The zero-order valence-corrected chi connectivity index (χ0v) is 21.1. The van der Waals surface area contributed by atoms with Crippen LogP contribution in [0.1, 0.15) is 149 Å². The number of aryl methyl sites for hydroxylation is 2. The molecule has 1 rings (SSSR count). The highest BCUT2D eigenvalue weighted by molar-refractivity contribution is 4.84. The first kappa shape index (κ1) is 27.2. The number of hydrogen-bond acceptors (Lipinski definition) is 0. The van der Waals surface area contributed by atoms with Gasteiger partial charge < -0.3 is 0 Å². The van der Waals surface area contributed by atoms with Crippen LogP contribution in [0.3, 0.4) is 0 Å². The van der Waals surface area contributed by atoms with Crippen LogP contribution in [0.15, 0.2) is 12.4 Å². The Morgan fingerprint density at radius 1 is 0.567 bits per heavy atom. The lowest BCUT2D eigenvalue weighted by Gasteiger charge is -2.06. The molecule has 0 saturated heterocycles. The molecule has 0 unspecified atom stereocenters. The fourth-order valence-corrected chi connectivity index (χ4v) is 4.56. The monoisotopic (exact) mass is 419 g/mol. The van der Waals surface area contributed by atoms with Crippen LogP contribution >= 0.6 is 0 Å². The predicted octanol–water partition coefficient (Wildman–Crippen LogP) is 8.79. The van der Waals surface area contributed by atoms with Gasteiger partial charge in [-0.1, -0.05) is 111 Å². The van der Waals surface area contributed by atoms with Crippen LogP contribution in [0.25, 0.3) is 0 Å². The second-order valence-corrected chi connectivity index (χ2v) is 9.51. The highest BCUT2D eigenvalue weighted by atomic mass is 15.1. The number of imidazole rings is 1. The minimum Gasteiger partial charge on any atom is -0.234 e. The standard InChI is InChI=1S/C28H55N2/c1-4-7-10-12-13-14-15-16-17-18-19-20-23-28-29(24-21-9-6-3)26-27-30(28)25-22-11-8-5-2/h26-27H,4-25H2,1-3H3/q+1. The summed E-state index contributed by atoms with van der Waals surface area (Å²) in [5.74, 6) is 1.59. The maximum Gasteiger partial charge on any atom is 0.256 e. The van der Waals surface area contributed by atoms with Gasteiger partial charge in [0.2, 0.25) is 0 Å². The molecule has 0 fully saturated rings. The number of rotatable bonds is 22. The largest absolute Gasteiger partial charge is 0.256 e. The van der Waals surface area contributed by atoms with E-state index in [2.05, 4.69) is 42.3 Å². The summed E-state index contributed by atoms with van der Waals surface area (Å²) >= 11 is 0. The minimum absolute atomic E-state index is 1.21. The van der Waals surface area contributed by atoms with Crippen LogP contribution in [-0.2, 0) is 19.5 Å². The molecule has 1 aromatic heterocycles. The van der Waals surface area contributed by atoms with Crippen molar-refractivity contribution in [2.45, 2.75) is 162 Å². The third-order valence-corrected chi connectivity index (χ3v) is 6.60. The quantitative estimate of drug-likeness (QED) is 0.131. The van der Waals surface area contributed by atoms with Crippen molar-refractivity contribution in [2.24, 2.45) is 0 Å². The summed E-state index contributed by atoms with van der Waals surface area (Å²) in [5.41, 5.74) is 0. The molecule has 0 aliphatic carbocycles. The van der Waals surface area contributed by atoms with E-state index in [1.165, 1.54) is 142 Å². The Morgan fingerprint density at radius 3 is 1.60 bits per heavy atom. The second kappa shape index (κ2) is 20.1. The Bertz CT molecular complexity index is 477. The van der Waals surface area contributed by atoms with Crippen LogP contribution in [0, 0.1) is 0 Å². The van der Waals surface area contributed by atoms with Crippen LogP contribution in [-0.4, -0.2) is 4.57 Å². The SMILES string of the molecule is CCCCCCCCCCCCCCc1n(CCCCCC)cc[n+]1CCCCC. The van der Waals surface area contributed by atoms with Gasteiger partial charge in [0.05, 0.1) is 13.1 Å². The summed E-state index contributed by atoms with van der Waals surface area (Å²) in [6, 6.07) is 0. The van der Waals surface area contributed by atoms with Gasteiger partial charge in [0.25, 0.3) is 5.82 Å². The summed E-state index contributed by atoms with van der Waals surface area (Å²) < 4.78 is 5.13. The zero-order chi connectivity index (χ0) is 21.7. The van der Waals surface area contributed by atoms with E-state index in [0.29, 0.717) is 0 Å². The molecule has 0 atom stereocenters. The van der Waals surface area contributed by atoms with Crippen molar-refractivity contribution in [3.8, 4) is 0 Å². The molecule has 1 heterocycles. The Balaban J connectivity index is 2.23. The molecular weight excluding hydrogens is 364 g/mol. The van der Waals surface area contributed by atoms with Gasteiger partial charge in [0, 0.05) is 6.42 Å². The molecule has 0 aromatic carbocycles. The fraction of sp³-hybridized carbons (Fsp3) is 0.893. The van der Waals surface area contributed by atoms with Crippen molar-refractivity contribution in [1.82, 2.24) is 4.57 Å². The topological polar surface area (TPSA) is 8.81 Å². The number of hydrogen-bond donors (Lipinski definition) is 0. The molecule has 2 nitrogen and oxygen atoms in total. The number of aromatic nitrogens is 2. The molecule has 0 spiro atoms. The Kier molecular flexibility index (Phi) is 18.3. The first-order valence-electron chi connectivity index (χ1n) is 13.9. The van der Waals surface area contributed by atoms with Gasteiger partial charge in [0.1, 0.15) is 12.4 Å². The Morgan fingerprint density at radius 2 is 1.03 bits per heavy atom. The first-order chi connectivity index (χ1) is 14.8. The van der Waals surface area contributed by atoms with Gasteiger partial charge in [-0.3, -0.25) is 0 Å².